The van der Waals surface area contributed by atoms with E-state index in [1.807, 2.05) is 0 Å². The van der Waals surface area contributed by atoms with Gasteiger partial charge in [0.1, 0.15) is 5.69 Å². The van der Waals surface area contributed by atoms with Crippen molar-refractivity contribution in [2.24, 2.45) is 0 Å². The Morgan fingerprint density at radius 2 is 2.00 bits per heavy atom. The largest absolute Gasteiger partial charge is 0.647 e. The summed E-state index contributed by atoms with van der Waals surface area (Å²) in [6, 6.07) is 1.19. The van der Waals surface area contributed by atoms with Gasteiger partial charge < -0.3 is 19.3 Å². The number of nitrogens with zero attached hydrogens (tertiary/aromatic N) is 1. The molecule has 0 amide bonds. The quantitative estimate of drug-likeness (QED) is 0.336. The molecule has 0 aromatic heterocycles. The Morgan fingerprint density at radius 1 is 1.33 bits per heavy atom. The predicted molar refractivity (Wildman–Crippen MR) is 47.0 cm³/mol. The average molecular weight is 230 g/mol. The number of rotatable bonds is 1. The summed E-state index contributed by atoms with van der Waals surface area (Å²) in [4.78, 5) is 9.95. The minimum absolute atomic E-state index is 0.0146. The lowest BCUT2D eigenvalue weighted by Crippen LogP contribution is -2.03. The smallest absolute Gasteiger partial charge is 0.393 e. The number of nitro benzene ring substituents is 1. The fourth-order valence-electron chi connectivity index (χ4n) is 1.45. The highest BCUT2D eigenvalue weighted by Crippen LogP contribution is 2.71. The van der Waals surface area contributed by atoms with Crippen molar-refractivity contribution in [2.75, 3.05) is 5.73 Å². The maximum Gasteiger partial charge on any atom is 0.647 e. The fourth-order valence-corrected chi connectivity index (χ4v) is 2.73. The van der Waals surface area contributed by atoms with Gasteiger partial charge in [-0.15, -0.1) is 0 Å². The van der Waals surface area contributed by atoms with E-state index >= 15 is 0 Å². The number of nitrogens with two attached hydrogens (primary N) is 1. The Kier molecular flexibility index (Phi) is 1.21. The summed E-state index contributed by atoms with van der Waals surface area (Å²) < 4.78 is 25.8. The standard InChI is InChI=1S/C6H3N2O6P/c7-2-1-3-5-6(4(2)8(9)10)14-15(11,12-3)13-5/h1H,7H2. The normalized spacial score (nSPS) is 24.3. The van der Waals surface area contributed by atoms with E-state index in [4.69, 9.17) is 19.3 Å². The number of nitrogen functional groups attached to an aromatic ring is 1. The zero-order valence-corrected chi connectivity index (χ0v) is 7.89. The van der Waals surface area contributed by atoms with Crippen molar-refractivity contribution >= 4 is 19.2 Å². The first-order valence-corrected chi connectivity index (χ1v) is 5.26. The van der Waals surface area contributed by atoms with E-state index in [1.165, 1.54) is 6.07 Å². The maximum absolute atomic E-state index is 11.5. The van der Waals surface area contributed by atoms with Gasteiger partial charge in [0.15, 0.2) is 5.75 Å². The van der Waals surface area contributed by atoms with E-state index < -0.39 is 18.4 Å². The topological polar surface area (TPSA) is 114 Å². The molecule has 2 bridgehead atoms. The van der Waals surface area contributed by atoms with Gasteiger partial charge >= 0.3 is 13.5 Å². The number of hydrogen-bond donors (Lipinski definition) is 1. The van der Waals surface area contributed by atoms with Gasteiger partial charge in [0.05, 0.1) is 4.92 Å². The second-order valence-electron chi connectivity index (χ2n) is 2.95. The second kappa shape index (κ2) is 2.17. The van der Waals surface area contributed by atoms with Crippen LogP contribution in [-0.4, -0.2) is 4.92 Å². The molecule has 1 aromatic carbocycles. The Hall–Kier alpha value is -1.95. The van der Waals surface area contributed by atoms with E-state index in [1.54, 1.807) is 0 Å². The SMILES string of the molecule is Nc1cc2c3c(c1[N+](=O)[O-])OP(=O)(O2)O3. The Labute approximate surface area is 82.3 Å². The van der Waals surface area contributed by atoms with E-state index in [9.17, 15) is 14.7 Å². The number of fused-ring (bicyclic) bond motifs is 1. The van der Waals surface area contributed by atoms with Gasteiger partial charge in [-0.05, 0) is 0 Å². The molecule has 2 N–H and O–H groups in total. The first-order valence-electron chi connectivity index (χ1n) is 3.80. The number of anilines is 1. The van der Waals surface area contributed by atoms with Crippen molar-refractivity contribution in [1.29, 1.82) is 0 Å². The fraction of sp³-hybridized carbons (Fsp3) is 0. The van der Waals surface area contributed by atoms with Gasteiger partial charge in [-0.1, -0.05) is 0 Å². The van der Waals surface area contributed by atoms with E-state index in [0.717, 1.165) is 0 Å². The maximum atomic E-state index is 11.5. The Balaban J connectivity index is 2.36. The molecule has 3 rings (SSSR count). The minimum atomic E-state index is -3.69. The Bertz CT molecular complexity index is 555. The summed E-state index contributed by atoms with van der Waals surface area (Å²) in [6.07, 6.45) is 0. The molecule has 0 radical (unpaired) electrons. The molecule has 1 unspecified atom stereocenters. The molecule has 78 valence electrons. The summed E-state index contributed by atoms with van der Waals surface area (Å²) in [7, 11) is -3.69. The van der Waals surface area contributed by atoms with E-state index in [0.29, 0.717) is 0 Å². The lowest BCUT2D eigenvalue weighted by molar-refractivity contribution is -0.384. The molecule has 2 aliphatic rings. The van der Waals surface area contributed by atoms with Crippen LogP contribution in [-0.2, 0) is 4.57 Å². The molecular formula is C6H3N2O6P. The molecule has 0 saturated heterocycles. The first kappa shape index (κ1) is 8.37. The third-order valence-electron chi connectivity index (χ3n) is 2.00. The molecule has 15 heavy (non-hydrogen) atoms. The number of phosphoric acid groups is 1. The summed E-state index contributed by atoms with van der Waals surface area (Å²) in [5.41, 5.74) is 4.85. The van der Waals surface area contributed by atoms with Crippen LogP contribution >= 0.6 is 7.82 Å². The molecule has 8 nitrogen and oxygen atoms in total. The van der Waals surface area contributed by atoms with Crippen molar-refractivity contribution in [2.45, 2.75) is 0 Å². The molecule has 9 heteroatoms. The summed E-state index contributed by atoms with van der Waals surface area (Å²) in [6.45, 7) is 0. The Morgan fingerprint density at radius 3 is 2.60 bits per heavy atom. The highest BCUT2D eigenvalue weighted by atomic mass is 31.2. The highest BCUT2D eigenvalue weighted by Gasteiger charge is 2.54. The van der Waals surface area contributed by atoms with Gasteiger partial charge in [-0.25, -0.2) is 0 Å². The average Bonchev–Trinajstić information content (AvgIpc) is 2.54. The molecule has 2 heterocycles. The van der Waals surface area contributed by atoms with Gasteiger partial charge in [0.2, 0.25) is 5.75 Å². The number of nitro groups is 1. The monoisotopic (exact) mass is 230 g/mol. The van der Waals surface area contributed by atoms with Crippen LogP contribution in [0.4, 0.5) is 11.4 Å². The zero-order chi connectivity index (χ0) is 10.8. The number of phosphoric ester groups is 1. The summed E-state index contributed by atoms with van der Waals surface area (Å²) in [5.74, 6) is -0.119. The van der Waals surface area contributed by atoms with Crippen LogP contribution in [0.2, 0.25) is 0 Å². The lowest BCUT2D eigenvalue weighted by atomic mass is 10.2. The van der Waals surface area contributed by atoms with Crippen LogP contribution in [0.5, 0.6) is 17.2 Å². The van der Waals surface area contributed by atoms with Gasteiger partial charge in [0.25, 0.3) is 5.75 Å². The van der Waals surface area contributed by atoms with E-state index in [-0.39, 0.29) is 22.9 Å². The van der Waals surface area contributed by atoms with Crippen molar-refractivity contribution in [3.05, 3.63) is 16.2 Å². The molecular weight excluding hydrogens is 227 g/mol. The van der Waals surface area contributed by atoms with Crippen LogP contribution in [0.25, 0.3) is 0 Å². The second-order valence-corrected chi connectivity index (χ2v) is 4.39. The molecule has 0 fully saturated rings. The molecule has 0 spiro atoms. The van der Waals surface area contributed by atoms with Crippen LogP contribution < -0.4 is 19.3 Å². The lowest BCUT2D eigenvalue weighted by Gasteiger charge is -2.10. The third-order valence-corrected chi connectivity index (χ3v) is 3.24. The van der Waals surface area contributed by atoms with Gasteiger partial charge in [0, 0.05) is 6.07 Å². The van der Waals surface area contributed by atoms with Crippen molar-refractivity contribution in [3.63, 3.8) is 0 Å². The van der Waals surface area contributed by atoms with Crippen molar-refractivity contribution in [3.8, 4) is 17.2 Å². The highest BCUT2D eigenvalue weighted by molar-refractivity contribution is 7.50. The van der Waals surface area contributed by atoms with Crippen molar-refractivity contribution < 1.29 is 23.1 Å². The molecule has 1 aromatic rings. The van der Waals surface area contributed by atoms with Crippen LogP contribution in [0.3, 0.4) is 0 Å². The third kappa shape index (κ3) is 0.887. The number of benzene rings is 1. The minimum Gasteiger partial charge on any atom is -0.393 e. The van der Waals surface area contributed by atoms with E-state index in [2.05, 4.69) is 0 Å². The van der Waals surface area contributed by atoms with Gasteiger partial charge in [-0.2, -0.15) is 4.57 Å². The van der Waals surface area contributed by atoms with Crippen LogP contribution in [0, 0.1) is 10.1 Å². The molecule has 0 aliphatic carbocycles. The molecule has 2 aliphatic heterocycles. The van der Waals surface area contributed by atoms with Gasteiger partial charge in [-0.3, -0.25) is 10.1 Å². The van der Waals surface area contributed by atoms with Crippen LogP contribution in [0.15, 0.2) is 6.07 Å². The first-order chi connectivity index (χ1) is 7.00. The van der Waals surface area contributed by atoms with Crippen molar-refractivity contribution in [1.82, 2.24) is 0 Å². The molecule has 0 saturated carbocycles. The van der Waals surface area contributed by atoms with Crippen LogP contribution in [0.1, 0.15) is 0 Å². The summed E-state index contributed by atoms with van der Waals surface area (Å²) >= 11 is 0. The zero-order valence-electron chi connectivity index (χ0n) is 7.00. The predicted octanol–water partition coefficient (Wildman–Crippen LogP) is 1.45. The molecule has 1 atom stereocenters. The summed E-state index contributed by atoms with van der Waals surface area (Å²) in [5, 5.41) is 10.7. The number of hydrogen-bond acceptors (Lipinski definition) is 7.